The standard InChI is InChI=1S/2C22H33NO5/c1-12(2)23(13(3)4)20(24)19-16-6-7-22(26-8-9-27-22)11-15(16)10-17-18(19)14(5)28-21(17)25;1-16(2)23(17(3)4)20(24)10-8-18(5)28-21(25)11-9-19-7-6-12-22(15-19)26-13-14-27-22/h10,12-14,16-19H,6-9,11H2,1-5H3;7-11,16-18H,6,12-15H2,1-5H3/b;10-8-,11-9+/t14-,16-,17-,18-,19+;/m1./s1. The van der Waals surface area contributed by atoms with Crippen LogP contribution in [0.3, 0.4) is 0 Å². The van der Waals surface area contributed by atoms with E-state index in [1.807, 2.05) is 39.5 Å². The predicted molar refractivity (Wildman–Crippen MR) is 211 cm³/mol. The van der Waals surface area contributed by atoms with Gasteiger partial charge in [-0.05, 0) is 99.6 Å². The second kappa shape index (κ2) is 18.5. The highest BCUT2D eigenvalue weighted by Gasteiger charge is 2.57. The molecule has 1 unspecified atom stereocenters. The zero-order valence-corrected chi connectivity index (χ0v) is 35.3. The maximum atomic E-state index is 13.8. The Balaban J connectivity index is 0.000000214. The van der Waals surface area contributed by atoms with Crippen molar-refractivity contribution in [3.05, 3.63) is 47.6 Å². The molecule has 6 atom stereocenters. The van der Waals surface area contributed by atoms with Gasteiger partial charge in [0.2, 0.25) is 11.8 Å². The Bertz CT molecular complexity index is 1530. The number of rotatable bonds is 10. The number of cyclic esters (lactones) is 1. The van der Waals surface area contributed by atoms with Gasteiger partial charge in [0.05, 0.1) is 38.3 Å². The monoisotopic (exact) mass is 782 g/mol. The second-order valence-electron chi connectivity index (χ2n) is 17.2. The molecule has 0 N–H and O–H groups in total. The van der Waals surface area contributed by atoms with E-state index >= 15 is 0 Å². The Morgan fingerprint density at radius 1 is 0.804 bits per heavy atom. The lowest BCUT2D eigenvalue weighted by molar-refractivity contribution is -0.177. The average molecular weight is 783 g/mol. The van der Waals surface area contributed by atoms with Gasteiger partial charge in [-0.2, -0.15) is 0 Å². The fourth-order valence-corrected chi connectivity index (χ4v) is 9.69. The molecular weight excluding hydrogens is 716 g/mol. The SMILES string of the molecule is CC(/C=C\C(=O)N(C(C)C)C(C)C)OC(=O)/C=C/C1=CCCC2(C1)OCCO2.CC(C)N(C(=O)[C@@H]1[C@@H]2[C@@H](C)OC(=O)[C@@H]2C=C2CC3(CC[C@H]21)OCCO3)C(C)C. The van der Waals surface area contributed by atoms with Crippen molar-refractivity contribution >= 4 is 23.8 Å². The largest absolute Gasteiger partial charge is 0.462 e. The number of esters is 2. The second-order valence-corrected chi connectivity index (χ2v) is 17.2. The Morgan fingerprint density at radius 2 is 1.38 bits per heavy atom. The zero-order chi connectivity index (χ0) is 40.9. The molecule has 6 rings (SSSR count). The van der Waals surface area contributed by atoms with Crippen molar-refractivity contribution in [2.24, 2.45) is 23.7 Å². The average Bonchev–Trinajstić information content (AvgIpc) is 3.84. The van der Waals surface area contributed by atoms with Crippen LogP contribution in [0, 0.1) is 23.7 Å². The molecule has 3 saturated heterocycles. The van der Waals surface area contributed by atoms with Crippen molar-refractivity contribution in [1.29, 1.82) is 0 Å². The third kappa shape index (κ3) is 10.0. The summed E-state index contributed by atoms with van der Waals surface area (Å²) in [4.78, 5) is 54.5. The number of hydrogen-bond donors (Lipinski definition) is 0. The smallest absolute Gasteiger partial charge is 0.331 e. The van der Waals surface area contributed by atoms with Crippen molar-refractivity contribution in [2.75, 3.05) is 26.4 Å². The van der Waals surface area contributed by atoms with Gasteiger partial charge in [-0.3, -0.25) is 14.4 Å². The lowest BCUT2D eigenvalue weighted by Gasteiger charge is -2.47. The molecule has 312 valence electrons. The molecule has 2 amide bonds. The van der Waals surface area contributed by atoms with Gasteiger partial charge in [-0.25, -0.2) is 4.79 Å². The minimum absolute atomic E-state index is 0.0855. The van der Waals surface area contributed by atoms with Gasteiger partial charge in [0, 0.05) is 67.9 Å². The Morgan fingerprint density at radius 3 is 1.95 bits per heavy atom. The molecule has 4 fully saturated rings. The first-order valence-corrected chi connectivity index (χ1v) is 20.8. The predicted octanol–water partition coefficient (Wildman–Crippen LogP) is 6.44. The van der Waals surface area contributed by atoms with Crippen molar-refractivity contribution in [1.82, 2.24) is 9.80 Å². The molecule has 3 aliphatic heterocycles. The normalized spacial score (nSPS) is 28.3. The van der Waals surface area contributed by atoms with E-state index < -0.39 is 23.6 Å². The molecule has 3 heterocycles. The van der Waals surface area contributed by atoms with Crippen molar-refractivity contribution in [3.63, 3.8) is 0 Å². The molecule has 1 saturated carbocycles. The summed E-state index contributed by atoms with van der Waals surface area (Å²) >= 11 is 0. The molecule has 0 radical (unpaired) electrons. The Kier molecular flexibility index (Phi) is 14.5. The van der Waals surface area contributed by atoms with Gasteiger partial charge in [0.25, 0.3) is 0 Å². The third-order valence-electron chi connectivity index (χ3n) is 11.9. The number of ether oxygens (including phenoxy) is 6. The number of nitrogens with zero attached hydrogens (tertiary/aromatic N) is 2. The van der Waals surface area contributed by atoms with Crippen LogP contribution in [-0.4, -0.2) is 108 Å². The van der Waals surface area contributed by atoms with E-state index in [1.54, 1.807) is 24.0 Å². The first-order chi connectivity index (χ1) is 26.5. The summed E-state index contributed by atoms with van der Waals surface area (Å²) < 4.78 is 34.3. The van der Waals surface area contributed by atoms with Gasteiger partial charge < -0.3 is 38.2 Å². The molecule has 6 aliphatic rings. The van der Waals surface area contributed by atoms with Crippen molar-refractivity contribution in [3.8, 4) is 0 Å². The number of hydrogen-bond acceptors (Lipinski definition) is 10. The highest BCUT2D eigenvalue weighted by atomic mass is 16.7. The topological polar surface area (TPSA) is 130 Å². The minimum Gasteiger partial charge on any atom is -0.462 e. The fraction of sp³-hybridized carbons (Fsp3) is 0.727. The molecule has 0 aromatic heterocycles. The van der Waals surface area contributed by atoms with Gasteiger partial charge in [-0.15, -0.1) is 0 Å². The van der Waals surface area contributed by atoms with Crippen LogP contribution in [0.4, 0.5) is 0 Å². The lowest BCUT2D eigenvalue weighted by Crippen LogP contribution is -2.53. The number of carbonyl (C=O) groups is 4. The molecule has 3 aliphatic carbocycles. The van der Waals surface area contributed by atoms with Crippen LogP contribution >= 0.6 is 0 Å². The molecule has 2 spiro atoms. The number of carbonyl (C=O) groups excluding carboxylic acids is 4. The van der Waals surface area contributed by atoms with E-state index in [9.17, 15) is 19.2 Å². The molecule has 0 aromatic rings. The van der Waals surface area contributed by atoms with E-state index in [4.69, 9.17) is 28.4 Å². The van der Waals surface area contributed by atoms with E-state index in [2.05, 4.69) is 39.8 Å². The van der Waals surface area contributed by atoms with Crippen molar-refractivity contribution < 1.29 is 47.6 Å². The summed E-state index contributed by atoms with van der Waals surface area (Å²) in [5.41, 5.74) is 2.15. The molecule has 56 heavy (non-hydrogen) atoms. The quantitative estimate of drug-likeness (QED) is 0.139. The van der Waals surface area contributed by atoms with Gasteiger partial charge in [0.15, 0.2) is 11.6 Å². The van der Waals surface area contributed by atoms with E-state index in [0.717, 1.165) is 36.8 Å². The molecule has 12 heteroatoms. The van der Waals surface area contributed by atoms with Gasteiger partial charge >= 0.3 is 11.9 Å². The summed E-state index contributed by atoms with van der Waals surface area (Å²) in [5, 5.41) is 0. The van der Waals surface area contributed by atoms with Crippen LogP contribution in [0.1, 0.15) is 108 Å². The summed E-state index contributed by atoms with van der Waals surface area (Å²) in [6, 6.07) is 0.450. The summed E-state index contributed by atoms with van der Waals surface area (Å²) in [6.45, 7) is 22.3. The highest BCUT2D eigenvalue weighted by molar-refractivity contribution is 5.88. The van der Waals surface area contributed by atoms with Crippen LogP contribution < -0.4 is 0 Å². The first-order valence-electron chi connectivity index (χ1n) is 20.8. The number of fused-ring (bicyclic) bond motifs is 2. The van der Waals surface area contributed by atoms with Crippen molar-refractivity contribution in [2.45, 2.75) is 156 Å². The van der Waals surface area contributed by atoms with E-state index in [0.29, 0.717) is 39.3 Å². The van der Waals surface area contributed by atoms with Crippen LogP contribution in [0.5, 0.6) is 0 Å². The molecule has 0 aromatic carbocycles. The van der Waals surface area contributed by atoms with Gasteiger partial charge in [-0.1, -0.05) is 23.8 Å². The van der Waals surface area contributed by atoms with E-state index in [-0.39, 0.29) is 71.7 Å². The first kappa shape index (κ1) is 43.8. The highest BCUT2D eigenvalue weighted by Crippen LogP contribution is 2.53. The van der Waals surface area contributed by atoms with Crippen LogP contribution in [0.2, 0.25) is 0 Å². The molecule has 0 bridgehead atoms. The summed E-state index contributed by atoms with van der Waals surface area (Å²) in [6.07, 6.45) is 14.3. The minimum atomic E-state index is -0.563. The summed E-state index contributed by atoms with van der Waals surface area (Å²) in [5.74, 6) is -2.18. The van der Waals surface area contributed by atoms with Crippen LogP contribution in [-0.2, 0) is 47.6 Å². The maximum Gasteiger partial charge on any atom is 0.331 e. The van der Waals surface area contributed by atoms with Gasteiger partial charge in [0.1, 0.15) is 12.2 Å². The maximum absolute atomic E-state index is 13.8. The molecular formula is C44H66N2O10. The Hall–Kier alpha value is -3.32. The lowest BCUT2D eigenvalue weighted by atomic mass is 9.61. The number of allylic oxidation sites excluding steroid dienone is 2. The van der Waals surface area contributed by atoms with Crippen LogP contribution in [0.25, 0.3) is 0 Å². The zero-order valence-electron chi connectivity index (χ0n) is 35.3. The Labute approximate surface area is 333 Å². The molecule has 12 nitrogen and oxygen atoms in total. The third-order valence-corrected chi connectivity index (χ3v) is 11.9. The fourth-order valence-electron chi connectivity index (χ4n) is 9.69. The summed E-state index contributed by atoms with van der Waals surface area (Å²) in [7, 11) is 0. The number of amides is 2. The van der Waals surface area contributed by atoms with E-state index in [1.165, 1.54) is 12.2 Å². The van der Waals surface area contributed by atoms with Crippen LogP contribution in [0.15, 0.2) is 47.6 Å².